The molecule has 1 atom stereocenters. The second-order valence-corrected chi connectivity index (χ2v) is 10.7. The number of methoxy groups -OCH3 is 1. The first-order valence-corrected chi connectivity index (χ1v) is 13.3. The fraction of sp³-hybridized carbons (Fsp3) is 0.467. The summed E-state index contributed by atoms with van der Waals surface area (Å²) >= 11 is 0. The van der Waals surface area contributed by atoms with Crippen LogP contribution >= 0.6 is 0 Å². The first kappa shape index (κ1) is 28.8. The molecule has 3 aromatic rings. The van der Waals surface area contributed by atoms with Gasteiger partial charge in [-0.05, 0) is 111 Å². The molecule has 6 nitrogen and oxygen atoms in total. The lowest BCUT2D eigenvalue weighted by atomic mass is 9.71. The molecule has 1 aromatic heterocycles. The van der Waals surface area contributed by atoms with Crippen molar-refractivity contribution in [1.29, 1.82) is 0 Å². The Morgan fingerprint density at radius 2 is 1.92 bits per heavy atom. The molecule has 1 saturated heterocycles. The molecule has 2 aromatic carbocycles. The third kappa shape index (κ3) is 6.89. The summed E-state index contributed by atoms with van der Waals surface area (Å²) in [7, 11) is 1.59. The van der Waals surface area contributed by atoms with Crippen LogP contribution in [0.25, 0.3) is 10.9 Å². The van der Waals surface area contributed by atoms with Crippen molar-refractivity contribution < 1.29 is 32.9 Å². The molecule has 0 radical (unpaired) electrons. The number of rotatable bonds is 11. The highest BCUT2D eigenvalue weighted by atomic mass is 19.2. The first-order valence-electron chi connectivity index (χ1n) is 13.3. The van der Waals surface area contributed by atoms with Gasteiger partial charge in [-0.1, -0.05) is 0 Å². The number of ether oxygens (including phenoxy) is 1. The molecule has 1 aliphatic rings. The van der Waals surface area contributed by atoms with Gasteiger partial charge in [-0.25, -0.2) is 13.2 Å². The molecule has 0 unspecified atom stereocenters. The van der Waals surface area contributed by atoms with Crippen molar-refractivity contribution in [2.75, 3.05) is 26.7 Å². The fourth-order valence-electron chi connectivity index (χ4n) is 5.82. The molecular formula is C30H35F3N2O4. The van der Waals surface area contributed by atoms with Gasteiger partial charge in [-0.2, -0.15) is 0 Å². The van der Waals surface area contributed by atoms with Crippen molar-refractivity contribution in [3.8, 4) is 5.75 Å². The minimum atomic E-state index is -1.18. The van der Waals surface area contributed by atoms with Crippen LogP contribution in [0.2, 0.25) is 0 Å². The van der Waals surface area contributed by atoms with Gasteiger partial charge < -0.3 is 19.8 Å². The number of nitrogens with zero attached hydrogens (tertiary/aromatic N) is 2. The van der Waals surface area contributed by atoms with Gasteiger partial charge in [0.2, 0.25) is 0 Å². The van der Waals surface area contributed by atoms with E-state index in [1.165, 1.54) is 0 Å². The predicted octanol–water partition coefficient (Wildman–Crippen LogP) is 5.97. The number of halogens is 3. The Bertz CT molecular complexity index is 1330. The van der Waals surface area contributed by atoms with Gasteiger partial charge in [0.1, 0.15) is 11.6 Å². The van der Waals surface area contributed by atoms with Crippen molar-refractivity contribution in [2.45, 2.75) is 58.0 Å². The number of hydrogen-bond acceptors (Lipinski definition) is 5. The highest BCUT2D eigenvalue weighted by Crippen LogP contribution is 2.42. The molecule has 2 heterocycles. The molecule has 2 N–H and O–H groups in total. The van der Waals surface area contributed by atoms with E-state index in [9.17, 15) is 28.2 Å². The van der Waals surface area contributed by atoms with Crippen LogP contribution in [0.3, 0.4) is 0 Å². The monoisotopic (exact) mass is 544 g/mol. The second-order valence-electron chi connectivity index (χ2n) is 10.7. The zero-order chi connectivity index (χ0) is 28.2. The zero-order valence-electron chi connectivity index (χ0n) is 22.4. The van der Waals surface area contributed by atoms with Crippen LogP contribution in [0.5, 0.6) is 5.75 Å². The van der Waals surface area contributed by atoms with Crippen LogP contribution in [-0.2, 0) is 11.2 Å². The van der Waals surface area contributed by atoms with E-state index in [2.05, 4.69) is 9.88 Å². The van der Waals surface area contributed by atoms with Crippen LogP contribution in [0.15, 0.2) is 36.5 Å². The average molecular weight is 545 g/mol. The van der Waals surface area contributed by atoms with Crippen molar-refractivity contribution >= 4 is 16.9 Å². The number of benzene rings is 2. The van der Waals surface area contributed by atoms with Crippen LogP contribution in [0.4, 0.5) is 13.2 Å². The number of aliphatic hydroxyl groups is 1. The molecule has 0 saturated carbocycles. The lowest BCUT2D eigenvalue weighted by Gasteiger charge is -2.41. The summed E-state index contributed by atoms with van der Waals surface area (Å²) in [5.41, 5.74) is 1.97. The van der Waals surface area contributed by atoms with Crippen LogP contribution < -0.4 is 4.74 Å². The van der Waals surface area contributed by atoms with Crippen LogP contribution in [-0.4, -0.2) is 52.8 Å². The lowest BCUT2D eigenvalue weighted by molar-refractivity contribution is -0.141. The predicted molar refractivity (Wildman–Crippen MR) is 142 cm³/mol. The van der Waals surface area contributed by atoms with E-state index >= 15 is 0 Å². The van der Waals surface area contributed by atoms with E-state index in [1.807, 2.05) is 25.1 Å². The van der Waals surface area contributed by atoms with Gasteiger partial charge >= 0.3 is 5.97 Å². The van der Waals surface area contributed by atoms with E-state index in [-0.39, 0.29) is 18.4 Å². The summed E-state index contributed by atoms with van der Waals surface area (Å²) in [5, 5.41) is 21.8. The number of aliphatic hydroxyl groups excluding tert-OH is 1. The lowest BCUT2D eigenvalue weighted by Crippen LogP contribution is -2.41. The maximum absolute atomic E-state index is 14.0. The van der Waals surface area contributed by atoms with Crippen molar-refractivity contribution in [1.82, 2.24) is 9.88 Å². The summed E-state index contributed by atoms with van der Waals surface area (Å²) in [6, 6.07) is 7.11. The number of aryl methyl sites for hydroxylation is 2. The molecule has 0 aliphatic carbocycles. The normalized spacial score (nSPS) is 16.4. The summed E-state index contributed by atoms with van der Waals surface area (Å²) in [6.45, 7) is 3.85. The van der Waals surface area contributed by atoms with E-state index in [0.29, 0.717) is 63.6 Å². The van der Waals surface area contributed by atoms with E-state index in [0.717, 1.165) is 28.1 Å². The molecule has 210 valence electrons. The third-order valence-corrected chi connectivity index (χ3v) is 8.03. The Kier molecular flexibility index (Phi) is 9.12. The number of likely N-dealkylation sites (tertiary alicyclic amines) is 1. The van der Waals surface area contributed by atoms with E-state index in [4.69, 9.17) is 4.74 Å². The molecule has 39 heavy (non-hydrogen) atoms. The topological polar surface area (TPSA) is 82.9 Å². The summed E-state index contributed by atoms with van der Waals surface area (Å²) in [6.07, 6.45) is 3.99. The third-order valence-electron chi connectivity index (χ3n) is 8.03. The number of pyridine rings is 1. The summed E-state index contributed by atoms with van der Waals surface area (Å²) in [4.78, 5) is 18.4. The summed E-state index contributed by atoms with van der Waals surface area (Å²) < 4.78 is 46.3. The quantitative estimate of drug-likeness (QED) is 0.290. The SMILES string of the molecule is COc1ccc2ncc(C)c([C@@H](O)CCC3(CC(=O)O)CCN(CCCc4cc(F)cc(F)c4F)CC3)c2c1. The largest absolute Gasteiger partial charge is 0.497 e. The Labute approximate surface area is 226 Å². The first-order chi connectivity index (χ1) is 18.6. The van der Waals surface area contributed by atoms with E-state index in [1.54, 1.807) is 13.3 Å². The number of piperidine rings is 1. The zero-order valence-corrected chi connectivity index (χ0v) is 22.4. The molecular weight excluding hydrogens is 509 g/mol. The smallest absolute Gasteiger partial charge is 0.303 e. The van der Waals surface area contributed by atoms with Crippen molar-refractivity contribution in [3.05, 3.63) is 70.7 Å². The number of hydrogen-bond donors (Lipinski definition) is 2. The highest BCUT2D eigenvalue weighted by molar-refractivity contribution is 5.84. The van der Waals surface area contributed by atoms with Crippen LogP contribution in [0, 0.1) is 29.8 Å². The molecule has 1 fully saturated rings. The number of carboxylic acid groups (broad SMARTS) is 1. The standard InChI is InChI=1S/C30H35F3N2O4/c1-19-18-34-25-6-5-22(39-2)16-23(25)28(19)26(36)7-8-30(17-27(37)38)9-12-35(13-10-30)11-3-4-20-14-21(31)15-24(32)29(20)33/h5-6,14-16,18,26,36H,3-4,7-13,17H2,1-2H3,(H,37,38)/t26-/m0/s1. The molecule has 4 rings (SSSR count). The minimum Gasteiger partial charge on any atom is -0.497 e. The van der Waals surface area contributed by atoms with Crippen molar-refractivity contribution in [2.24, 2.45) is 5.41 Å². The Morgan fingerprint density at radius 1 is 1.18 bits per heavy atom. The summed E-state index contributed by atoms with van der Waals surface area (Å²) in [5.74, 6) is -3.18. The number of aromatic nitrogens is 1. The van der Waals surface area contributed by atoms with Crippen LogP contribution in [0.1, 0.15) is 61.3 Å². The van der Waals surface area contributed by atoms with Gasteiger partial charge in [0.05, 0.1) is 25.2 Å². The molecule has 1 aliphatic heterocycles. The number of carbonyl (C=O) groups is 1. The van der Waals surface area contributed by atoms with Gasteiger partial charge in [-0.3, -0.25) is 9.78 Å². The Hall–Kier alpha value is -3.17. The maximum atomic E-state index is 14.0. The Morgan fingerprint density at radius 3 is 2.62 bits per heavy atom. The van der Waals surface area contributed by atoms with Gasteiger partial charge in [0.25, 0.3) is 0 Å². The number of carboxylic acids is 1. The second kappa shape index (κ2) is 12.3. The van der Waals surface area contributed by atoms with Crippen molar-refractivity contribution in [3.63, 3.8) is 0 Å². The minimum absolute atomic E-state index is 0.0191. The highest BCUT2D eigenvalue weighted by Gasteiger charge is 2.37. The maximum Gasteiger partial charge on any atom is 0.303 e. The van der Waals surface area contributed by atoms with E-state index < -0.39 is 34.9 Å². The van der Waals surface area contributed by atoms with Gasteiger partial charge in [0.15, 0.2) is 11.6 Å². The average Bonchev–Trinajstić information content (AvgIpc) is 2.90. The molecule has 0 spiro atoms. The molecule has 0 bridgehead atoms. The molecule has 9 heteroatoms. The van der Waals surface area contributed by atoms with Gasteiger partial charge in [-0.15, -0.1) is 0 Å². The molecule has 0 amide bonds. The number of fused-ring (bicyclic) bond motifs is 1. The van der Waals surface area contributed by atoms with Gasteiger partial charge in [0, 0.05) is 17.6 Å². The fourth-order valence-corrected chi connectivity index (χ4v) is 5.82. The number of aliphatic carboxylic acids is 1. The Balaban J connectivity index is 1.39.